The van der Waals surface area contributed by atoms with Gasteiger partial charge in [-0.1, -0.05) is 28.1 Å². The van der Waals surface area contributed by atoms with E-state index in [1.807, 2.05) is 19.1 Å². The summed E-state index contributed by atoms with van der Waals surface area (Å²) in [5.41, 5.74) is 2.29. The van der Waals surface area contributed by atoms with Crippen LogP contribution < -0.4 is 0 Å². The molecular weight excluding hydrogens is 426 g/mol. The van der Waals surface area contributed by atoms with Crippen molar-refractivity contribution in [3.8, 4) is 16.9 Å². The van der Waals surface area contributed by atoms with Gasteiger partial charge in [-0.3, -0.25) is 0 Å². The maximum absolute atomic E-state index is 13.2. The number of aromatic nitrogens is 2. The van der Waals surface area contributed by atoms with Gasteiger partial charge in [-0.25, -0.2) is 21.9 Å². The van der Waals surface area contributed by atoms with Crippen LogP contribution in [0.25, 0.3) is 16.9 Å². The summed E-state index contributed by atoms with van der Waals surface area (Å²) in [5, 5.41) is 4.03. The summed E-state index contributed by atoms with van der Waals surface area (Å²) in [6.07, 6.45) is -1.59. The zero-order valence-electron chi connectivity index (χ0n) is 13.9. The van der Waals surface area contributed by atoms with Gasteiger partial charge in [0.05, 0.1) is 16.3 Å². The van der Waals surface area contributed by atoms with Crippen LogP contribution in [0.2, 0.25) is 0 Å². The molecule has 0 bridgehead atoms. The van der Waals surface area contributed by atoms with Crippen molar-refractivity contribution in [3.63, 3.8) is 0 Å². The van der Waals surface area contributed by atoms with E-state index >= 15 is 0 Å². The van der Waals surface area contributed by atoms with Crippen molar-refractivity contribution in [2.75, 3.05) is 6.26 Å². The van der Waals surface area contributed by atoms with Gasteiger partial charge in [-0.05, 0) is 48.9 Å². The maximum Gasteiger partial charge on any atom is 0.282 e. The molecule has 8 heteroatoms. The molecule has 0 N–H and O–H groups in total. The van der Waals surface area contributed by atoms with E-state index in [0.29, 0.717) is 16.9 Å². The van der Waals surface area contributed by atoms with Gasteiger partial charge in [0.15, 0.2) is 9.84 Å². The van der Waals surface area contributed by atoms with Crippen molar-refractivity contribution >= 4 is 25.8 Å². The van der Waals surface area contributed by atoms with Crippen molar-refractivity contribution in [2.45, 2.75) is 18.2 Å². The van der Waals surface area contributed by atoms with Gasteiger partial charge < -0.3 is 0 Å². The van der Waals surface area contributed by atoms with Gasteiger partial charge in [-0.15, -0.1) is 0 Å². The fourth-order valence-corrected chi connectivity index (χ4v) is 3.42. The van der Waals surface area contributed by atoms with Crippen molar-refractivity contribution < 1.29 is 17.2 Å². The average molecular weight is 441 g/mol. The fraction of sp³-hybridized carbons (Fsp3) is 0.167. The van der Waals surface area contributed by atoms with Crippen LogP contribution >= 0.6 is 15.9 Å². The minimum Gasteiger partial charge on any atom is -0.233 e. The van der Waals surface area contributed by atoms with Crippen LogP contribution in [0.4, 0.5) is 8.78 Å². The van der Waals surface area contributed by atoms with Crippen LogP contribution in [0, 0.1) is 6.92 Å². The molecule has 26 heavy (non-hydrogen) atoms. The molecule has 0 aliphatic rings. The van der Waals surface area contributed by atoms with Gasteiger partial charge in [-0.2, -0.15) is 5.10 Å². The summed E-state index contributed by atoms with van der Waals surface area (Å²) in [6.45, 7) is 1.89. The second kappa shape index (κ2) is 6.92. The van der Waals surface area contributed by atoms with E-state index in [0.717, 1.165) is 16.3 Å². The first-order valence-electron chi connectivity index (χ1n) is 7.62. The Labute approximate surface area is 158 Å². The Hall–Kier alpha value is -2.06. The van der Waals surface area contributed by atoms with Crippen LogP contribution in [0.5, 0.6) is 0 Å². The average Bonchev–Trinajstić information content (AvgIpc) is 3.02. The zero-order chi connectivity index (χ0) is 19.1. The molecule has 0 atom stereocenters. The first-order valence-corrected chi connectivity index (χ1v) is 10.3. The highest BCUT2D eigenvalue weighted by Crippen LogP contribution is 2.30. The van der Waals surface area contributed by atoms with E-state index in [1.54, 1.807) is 18.2 Å². The van der Waals surface area contributed by atoms with Crippen LogP contribution in [0.15, 0.2) is 57.9 Å². The van der Waals surface area contributed by atoms with Gasteiger partial charge in [0.2, 0.25) is 0 Å². The first-order chi connectivity index (χ1) is 12.2. The van der Waals surface area contributed by atoms with Gasteiger partial charge in [0.1, 0.15) is 5.69 Å². The number of benzene rings is 2. The molecule has 0 amide bonds. The number of hydrogen-bond donors (Lipinski definition) is 0. The largest absolute Gasteiger partial charge is 0.282 e. The number of sulfone groups is 1. The van der Waals surface area contributed by atoms with Gasteiger partial charge >= 0.3 is 0 Å². The van der Waals surface area contributed by atoms with Crippen LogP contribution in [0.1, 0.15) is 17.7 Å². The second-order valence-electron chi connectivity index (χ2n) is 5.90. The zero-order valence-corrected chi connectivity index (χ0v) is 16.4. The van der Waals surface area contributed by atoms with E-state index in [1.165, 1.54) is 22.9 Å². The molecule has 0 aliphatic heterocycles. The molecule has 0 fully saturated rings. The van der Waals surface area contributed by atoms with Crippen LogP contribution in [-0.2, 0) is 9.84 Å². The normalized spacial score (nSPS) is 11.9. The Morgan fingerprint density at radius 3 is 2.27 bits per heavy atom. The third kappa shape index (κ3) is 3.71. The summed E-state index contributed by atoms with van der Waals surface area (Å²) in [5.74, 6) is 0. The molecule has 0 radical (unpaired) electrons. The number of rotatable bonds is 4. The van der Waals surface area contributed by atoms with Crippen LogP contribution in [0.3, 0.4) is 0 Å². The summed E-state index contributed by atoms with van der Waals surface area (Å²) in [6, 6.07) is 12.8. The number of halogens is 3. The molecule has 136 valence electrons. The lowest BCUT2D eigenvalue weighted by Gasteiger charge is -2.10. The predicted molar refractivity (Wildman–Crippen MR) is 99.5 cm³/mol. The lowest BCUT2D eigenvalue weighted by molar-refractivity contribution is 0.145. The minimum absolute atomic E-state index is 0.167. The van der Waals surface area contributed by atoms with Crippen LogP contribution in [-0.4, -0.2) is 24.5 Å². The van der Waals surface area contributed by atoms with Crippen molar-refractivity contribution in [1.82, 2.24) is 9.78 Å². The number of nitrogens with zero attached hydrogens (tertiary/aromatic N) is 2. The number of hydrogen-bond acceptors (Lipinski definition) is 3. The van der Waals surface area contributed by atoms with E-state index in [-0.39, 0.29) is 10.6 Å². The Morgan fingerprint density at radius 2 is 1.73 bits per heavy atom. The third-order valence-electron chi connectivity index (χ3n) is 3.92. The molecule has 1 aromatic heterocycles. The van der Waals surface area contributed by atoms with Crippen molar-refractivity contribution in [3.05, 3.63) is 64.3 Å². The number of alkyl halides is 2. The smallest absolute Gasteiger partial charge is 0.233 e. The van der Waals surface area contributed by atoms with E-state index in [4.69, 9.17) is 0 Å². The Balaban J connectivity index is 2.15. The molecule has 0 saturated heterocycles. The highest BCUT2D eigenvalue weighted by Gasteiger charge is 2.18. The quantitative estimate of drug-likeness (QED) is 0.576. The summed E-state index contributed by atoms with van der Waals surface area (Å²) >= 11 is 3.41. The molecule has 3 aromatic rings. The Bertz CT molecular complexity index is 1060. The van der Waals surface area contributed by atoms with Gasteiger partial charge in [0.25, 0.3) is 6.43 Å². The topological polar surface area (TPSA) is 52.0 Å². The lowest BCUT2D eigenvalue weighted by Crippen LogP contribution is -2.01. The molecule has 0 aliphatic carbocycles. The molecule has 3 rings (SSSR count). The Morgan fingerprint density at radius 1 is 1.08 bits per heavy atom. The monoisotopic (exact) mass is 440 g/mol. The predicted octanol–water partition coefficient (Wildman–Crippen LogP) is 4.95. The van der Waals surface area contributed by atoms with E-state index in [9.17, 15) is 17.2 Å². The standard InChI is InChI=1S/C18H15BrF2N2O2S/c1-11-9-13(5-8-15(11)19)23-17(10-16(22-23)18(20)21)12-3-6-14(7-4-12)26(2,24)25/h3-10,18H,1-2H3. The molecule has 0 spiro atoms. The maximum atomic E-state index is 13.2. The van der Waals surface area contributed by atoms with E-state index < -0.39 is 16.3 Å². The van der Waals surface area contributed by atoms with E-state index in [2.05, 4.69) is 21.0 Å². The van der Waals surface area contributed by atoms with Gasteiger partial charge in [0, 0.05) is 16.3 Å². The molecule has 2 aromatic carbocycles. The lowest BCUT2D eigenvalue weighted by atomic mass is 10.1. The highest BCUT2D eigenvalue weighted by atomic mass is 79.9. The molecule has 0 saturated carbocycles. The highest BCUT2D eigenvalue weighted by molar-refractivity contribution is 9.10. The first kappa shape index (κ1) is 18.7. The molecule has 1 heterocycles. The SMILES string of the molecule is Cc1cc(-n2nc(C(F)F)cc2-c2ccc(S(C)(=O)=O)cc2)ccc1Br. The molecule has 4 nitrogen and oxygen atoms in total. The summed E-state index contributed by atoms with van der Waals surface area (Å²) in [4.78, 5) is 0.167. The summed E-state index contributed by atoms with van der Waals surface area (Å²) in [7, 11) is -3.33. The molecule has 0 unspecified atom stereocenters. The Kier molecular flexibility index (Phi) is 4.98. The number of aryl methyl sites for hydroxylation is 1. The van der Waals surface area contributed by atoms with Crippen molar-refractivity contribution in [1.29, 1.82) is 0 Å². The fourth-order valence-electron chi connectivity index (χ4n) is 2.54. The summed E-state index contributed by atoms with van der Waals surface area (Å²) < 4.78 is 52.0. The third-order valence-corrected chi connectivity index (χ3v) is 5.93. The van der Waals surface area contributed by atoms with Crippen molar-refractivity contribution in [2.24, 2.45) is 0 Å². The second-order valence-corrected chi connectivity index (χ2v) is 8.77. The minimum atomic E-state index is -3.33. The molecular formula is C18H15BrF2N2O2S.